The van der Waals surface area contributed by atoms with Crippen molar-refractivity contribution < 1.29 is 14.3 Å². The van der Waals surface area contributed by atoms with Crippen LogP contribution in [0.3, 0.4) is 0 Å². The average molecular weight is 353 g/mol. The molecule has 0 radical (unpaired) electrons. The van der Waals surface area contributed by atoms with E-state index in [1.807, 2.05) is 36.4 Å². The van der Waals surface area contributed by atoms with Gasteiger partial charge in [-0.2, -0.15) is 0 Å². The molecule has 0 bridgehead atoms. The zero-order chi connectivity index (χ0) is 18.4. The molecule has 6 nitrogen and oxygen atoms in total. The Bertz CT molecular complexity index is 823. The molecule has 0 spiro atoms. The topological polar surface area (TPSA) is 76.2 Å². The number of rotatable bonds is 8. The summed E-state index contributed by atoms with van der Waals surface area (Å²) in [7, 11) is 0. The zero-order valence-electron chi connectivity index (χ0n) is 15.0. The molecule has 0 aliphatic rings. The number of aromatic amines is 1. The Morgan fingerprint density at radius 3 is 2.46 bits per heavy atom. The quantitative estimate of drug-likeness (QED) is 0.642. The number of hydrogen-bond acceptors (Lipinski definition) is 4. The van der Waals surface area contributed by atoms with Gasteiger partial charge in [0.25, 0.3) is 5.91 Å². The van der Waals surface area contributed by atoms with E-state index in [-0.39, 0.29) is 12.5 Å². The monoisotopic (exact) mass is 353 g/mol. The summed E-state index contributed by atoms with van der Waals surface area (Å²) in [6.45, 7) is 4.93. The van der Waals surface area contributed by atoms with E-state index in [2.05, 4.69) is 29.1 Å². The molecular formula is C20H23N3O3. The molecule has 0 saturated carbocycles. The number of carbonyl (C=O) groups is 1. The Morgan fingerprint density at radius 1 is 1.08 bits per heavy atom. The molecule has 0 aliphatic heterocycles. The van der Waals surface area contributed by atoms with Crippen molar-refractivity contribution in [1.29, 1.82) is 0 Å². The minimum Gasteiger partial charge on any atom is -0.494 e. The Labute approximate surface area is 152 Å². The molecule has 26 heavy (non-hydrogen) atoms. The molecule has 1 heterocycles. The van der Waals surface area contributed by atoms with Gasteiger partial charge in [-0.1, -0.05) is 26.0 Å². The summed E-state index contributed by atoms with van der Waals surface area (Å²) in [5.41, 5.74) is 1.67. The number of imidazole rings is 1. The van der Waals surface area contributed by atoms with Crippen molar-refractivity contribution in [2.75, 3.05) is 18.5 Å². The number of anilines is 1. The lowest BCUT2D eigenvalue weighted by atomic mass is 10.1. The molecule has 1 aromatic heterocycles. The first-order chi connectivity index (χ1) is 12.6. The van der Waals surface area contributed by atoms with Gasteiger partial charge in [0.15, 0.2) is 6.61 Å². The number of carbonyl (C=O) groups excluding carboxylic acids is 1. The van der Waals surface area contributed by atoms with Crippen LogP contribution in [0.1, 0.15) is 20.3 Å². The smallest absolute Gasteiger partial charge is 0.264 e. The summed E-state index contributed by atoms with van der Waals surface area (Å²) in [6.07, 6.45) is 1.01. The van der Waals surface area contributed by atoms with E-state index in [4.69, 9.17) is 9.47 Å². The number of fused-ring (bicyclic) bond motifs is 1. The number of amides is 1. The van der Waals surface area contributed by atoms with Crippen LogP contribution in [0.5, 0.6) is 11.5 Å². The fraction of sp³-hybridized carbons (Fsp3) is 0.300. The minimum atomic E-state index is -0.277. The van der Waals surface area contributed by atoms with Crippen LogP contribution in [0.4, 0.5) is 5.95 Å². The molecule has 0 fully saturated rings. The third-order valence-electron chi connectivity index (χ3n) is 3.80. The van der Waals surface area contributed by atoms with Gasteiger partial charge in [-0.05, 0) is 48.7 Å². The highest BCUT2D eigenvalue weighted by Gasteiger charge is 2.08. The second-order valence-electron chi connectivity index (χ2n) is 6.44. The summed E-state index contributed by atoms with van der Waals surface area (Å²) in [4.78, 5) is 19.4. The SMILES string of the molecule is CC(C)CCOc1ccc(OCC(=O)Nc2nc3ccccc3[nH]2)cc1. The lowest BCUT2D eigenvalue weighted by Crippen LogP contribution is -2.20. The summed E-state index contributed by atoms with van der Waals surface area (Å²) < 4.78 is 11.2. The summed E-state index contributed by atoms with van der Waals surface area (Å²) >= 11 is 0. The van der Waals surface area contributed by atoms with Gasteiger partial charge in [-0.3, -0.25) is 10.1 Å². The van der Waals surface area contributed by atoms with Crippen LogP contribution in [-0.4, -0.2) is 29.1 Å². The second kappa shape index (κ2) is 8.38. The van der Waals surface area contributed by atoms with Crippen LogP contribution in [-0.2, 0) is 4.79 Å². The number of benzene rings is 2. The molecular weight excluding hydrogens is 330 g/mol. The minimum absolute atomic E-state index is 0.0927. The van der Waals surface area contributed by atoms with E-state index in [9.17, 15) is 4.79 Å². The van der Waals surface area contributed by atoms with Crippen LogP contribution in [0.25, 0.3) is 11.0 Å². The van der Waals surface area contributed by atoms with E-state index < -0.39 is 0 Å². The van der Waals surface area contributed by atoms with E-state index in [1.54, 1.807) is 12.1 Å². The van der Waals surface area contributed by atoms with Crippen molar-refractivity contribution in [3.8, 4) is 11.5 Å². The van der Waals surface area contributed by atoms with E-state index in [1.165, 1.54) is 0 Å². The fourth-order valence-electron chi connectivity index (χ4n) is 2.37. The molecule has 1 amide bonds. The summed E-state index contributed by atoms with van der Waals surface area (Å²) in [5, 5.41) is 2.70. The van der Waals surface area contributed by atoms with Crippen LogP contribution < -0.4 is 14.8 Å². The maximum Gasteiger partial charge on any atom is 0.264 e. The first-order valence-corrected chi connectivity index (χ1v) is 8.70. The fourth-order valence-corrected chi connectivity index (χ4v) is 2.37. The Balaban J connectivity index is 1.46. The predicted octanol–water partition coefficient (Wildman–Crippen LogP) is 4.01. The number of H-pyrrole nitrogens is 1. The second-order valence-corrected chi connectivity index (χ2v) is 6.44. The number of nitrogens with zero attached hydrogens (tertiary/aromatic N) is 1. The van der Waals surface area contributed by atoms with Crippen molar-refractivity contribution in [2.24, 2.45) is 5.92 Å². The first kappa shape index (κ1) is 17.8. The van der Waals surface area contributed by atoms with Crippen molar-refractivity contribution in [2.45, 2.75) is 20.3 Å². The number of nitrogens with one attached hydrogen (secondary N) is 2. The van der Waals surface area contributed by atoms with Gasteiger partial charge in [0.2, 0.25) is 5.95 Å². The largest absolute Gasteiger partial charge is 0.494 e. The predicted molar refractivity (Wildman–Crippen MR) is 102 cm³/mol. The maximum atomic E-state index is 12.0. The van der Waals surface area contributed by atoms with Gasteiger partial charge >= 0.3 is 0 Å². The lowest BCUT2D eigenvalue weighted by Gasteiger charge is -2.09. The van der Waals surface area contributed by atoms with Crippen molar-refractivity contribution in [3.05, 3.63) is 48.5 Å². The number of hydrogen-bond donors (Lipinski definition) is 2. The summed E-state index contributed by atoms with van der Waals surface area (Å²) in [5.74, 6) is 2.16. The molecule has 3 aromatic rings. The van der Waals surface area contributed by atoms with Gasteiger partial charge in [0, 0.05) is 0 Å². The van der Waals surface area contributed by atoms with Gasteiger partial charge < -0.3 is 14.5 Å². The third-order valence-corrected chi connectivity index (χ3v) is 3.80. The molecule has 136 valence electrons. The van der Waals surface area contributed by atoms with Crippen LogP contribution in [0.2, 0.25) is 0 Å². The van der Waals surface area contributed by atoms with Crippen LogP contribution in [0, 0.1) is 5.92 Å². The maximum absolute atomic E-state index is 12.0. The summed E-state index contributed by atoms with van der Waals surface area (Å²) in [6, 6.07) is 14.8. The lowest BCUT2D eigenvalue weighted by molar-refractivity contribution is -0.118. The first-order valence-electron chi connectivity index (χ1n) is 8.70. The number of aromatic nitrogens is 2. The van der Waals surface area contributed by atoms with Crippen LogP contribution in [0.15, 0.2) is 48.5 Å². The molecule has 0 aliphatic carbocycles. The Kier molecular flexibility index (Phi) is 5.73. The highest BCUT2D eigenvalue weighted by Crippen LogP contribution is 2.18. The van der Waals surface area contributed by atoms with E-state index >= 15 is 0 Å². The molecule has 2 aromatic carbocycles. The van der Waals surface area contributed by atoms with Gasteiger partial charge in [0.05, 0.1) is 17.6 Å². The number of ether oxygens (including phenoxy) is 2. The average Bonchev–Trinajstić information content (AvgIpc) is 3.03. The van der Waals surface area contributed by atoms with Gasteiger partial charge in [0.1, 0.15) is 11.5 Å². The molecule has 2 N–H and O–H groups in total. The van der Waals surface area contributed by atoms with Crippen molar-refractivity contribution in [1.82, 2.24) is 9.97 Å². The third kappa shape index (κ3) is 4.99. The molecule has 0 saturated heterocycles. The molecule has 6 heteroatoms. The van der Waals surface area contributed by atoms with E-state index in [0.29, 0.717) is 24.2 Å². The highest BCUT2D eigenvalue weighted by atomic mass is 16.5. The van der Waals surface area contributed by atoms with E-state index in [0.717, 1.165) is 23.2 Å². The number of para-hydroxylation sites is 2. The van der Waals surface area contributed by atoms with Crippen molar-refractivity contribution in [3.63, 3.8) is 0 Å². The Morgan fingerprint density at radius 2 is 1.77 bits per heavy atom. The highest BCUT2D eigenvalue weighted by molar-refractivity contribution is 5.92. The molecule has 0 unspecified atom stereocenters. The van der Waals surface area contributed by atoms with Gasteiger partial charge in [-0.25, -0.2) is 4.98 Å². The van der Waals surface area contributed by atoms with Crippen molar-refractivity contribution >= 4 is 22.9 Å². The normalized spacial score (nSPS) is 10.9. The molecule has 0 atom stereocenters. The van der Waals surface area contributed by atoms with Gasteiger partial charge in [-0.15, -0.1) is 0 Å². The zero-order valence-corrected chi connectivity index (χ0v) is 15.0. The van der Waals surface area contributed by atoms with Crippen LogP contribution >= 0.6 is 0 Å². The molecule has 3 rings (SSSR count). The standard InChI is InChI=1S/C20H23N3O3/c1-14(2)11-12-25-15-7-9-16(10-8-15)26-13-19(24)23-20-21-17-5-3-4-6-18(17)22-20/h3-10,14H,11-13H2,1-2H3,(H2,21,22,23,24). The Hall–Kier alpha value is -3.02.